The molecule has 1 amide bonds. The zero-order valence-corrected chi connectivity index (χ0v) is 8.75. The molecule has 0 unspecified atom stereocenters. The highest BCUT2D eigenvalue weighted by Gasteiger charge is 2.25. The fraction of sp³-hybridized carbons (Fsp3) is 0.818. The molecule has 0 aromatic carbocycles. The summed E-state index contributed by atoms with van der Waals surface area (Å²) in [6, 6.07) is 2.39. The van der Waals surface area contributed by atoms with Crippen LogP contribution in [-0.2, 0) is 4.79 Å². The van der Waals surface area contributed by atoms with Crippen molar-refractivity contribution >= 4 is 5.91 Å². The van der Waals surface area contributed by atoms with Gasteiger partial charge >= 0.3 is 0 Å². The summed E-state index contributed by atoms with van der Waals surface area (Å²) < 4.78 is 0. The standard InChI is InChI=1S/C11H18N2O/c1-2-5-11(14)13-10-7-4-3-6-9(10)8-12/h9-10H,2-7H2,1H3,(H,13,14)/t9-,10-/m0/s1. The van der Waals surface area contributed by atoms with Gasteiger partial charge in [0.15, 0.2) is 0 Å². The number of nitrogens with one attached hydrogen (secondary N) is 1. The molecule has 1 saturated carbocycles. The molecule has 3 nitrogen and oxygen atoms in total. The van der Waals surface area contributed by atoms with Crippen LogP contribution in [0.4, 0.5) is 0 Å². The highest BCUT2D eigenvalue weighted by molar-refractivity contribution is 5.76. The summed E-state index contributed by atoms with van der Waals surface area (Å²) in [7, 11) is 0. The zero-order chi connectivity index (χ0) is 10.4. The summed E-state index contributed by atoms with van der Waals surface area (Å²) in [5.41, 5.74) is 0. The normalized spacial score (nSPS) is 26.6. The average molecular weight is 194 g/mol. The van der Waals surface area contributed by atoms with E-state index in [1.54, 1.807) is 0 Å². The van der Waals surface area contributed by atoms with Crippen molar-refractivity contribution in [1.29, 1.82) is 5.26 Å². The molecule has 1 rings (SSSR count). The minimum Gasteiger partial charge on any atom is -0.352 e. The van der Waals surface area contributed by atoms with Gasteiger partial charge in [0.1, 0.15) is 0 Å². The molecule has 1 fully saturated rings. The lowest BCUT2D eigenvalue weighted by Crippen LogP contribution is -2.41. The van der Waals surface area contributed by atoms with Crippen LogP contribution in [0.2, 0.25) is 0 Å². The van der Waals surface area contributed by atoms with Gasteiger partial charge in [-0.3, -0.25) is 4.79 Å². The Morgan fingerprint density at radius 3 is 2.86 bits per heavy atom. The molecule has 0 bridgehead atoms. The zero-order valence-electron chi connectivity index (χ0n) is 8.75. The van der Waals surface area contributed by atoms with E-state index in [1.807, 2.05) is 6.92 Å². The van der Waals surface area contributed by atoms with Gasteiger partial charge < -0.3 is 5.32 Å². The Hall–Kier alpha value is -1.04. The first-order valence-electron chi connectivity index (χ1n) is 5.47. The van der Waals surface area contributed by atoms with Crippen LogP contribution in [0.3, 0.4) is 0 Å². The number of amides is 1. The molecule has 1 aliphatic carbocycles. The fourth-order valence-corrected chi connectivity index (χ4v) is 1.96. The van der Waals surface area contributed by atoms with Crippen molar-refractivity contribution in [3.05, 3.63) is 0 Å². The summed E-state index contributed by atoms with van der Waals surface area (Å²) in [6.07, 6.45) is 5.61. The lowest BCUT2D eigenvalue weighted by molar-refractivity contribution is -0.122. The van der Waals surface area contributed by atoms with E-state index in [-0.39, 0.29) is 17.9 Å². The van der Waals surface area contributed by atoms with Crippen molar-refractivity contribution in [1.82, 2.24) is 5.32 Å². The maximum Gasteiger partial charge on any atom is 0.220 e. The molecular formula is C11H18N2O. The van der Waals surface area contributed by atoms with Crippen molar-refractivity contribution in [2.45, 2.75) is 51.5 Å². The summed E-state index contributed by atoms with van der Waals surface area (Å²) in [4.78, 5) is 11.4. The van der Waals surface area contributed by atoms with Crippen LogP contribution < -0.4 is 5.32 Å². The minimum atomic E-state index is 0.0320. The van der Waals surface area contributed by atoms with E-state index >= 15 is 0 Å². The maximum absolute atomic E-state index is 11.4. The molecule has 0 spiro atoms. The highest BCUT2D eigenvalue weighted by Crippen LogP contribution is 2.23. The molecule has 0 heterocycles. The Labute approximate surface area is 85.5 Å². The number of hydrogen-bond acceptors (Lipinski definition) is 2. The molecule has 0 aromatic rings. The lowest BCUT2D eigenvalue weighted by atomic mass is 9.85. The van der Waals surface area contributed by atoms with Crippen LogP contribution in [0, 0.1) is 17.2 Å². The molecule has 0 aliphatic heterocycles. The smallest absolute Gasteiger partial charge is 0.220 e. The molecule has 0 radical (unpaired) electrons. The van der Waals surface area contributed by atoms with Crippen molar-refractivity contribution in [2.24, 2.45) is 5.92 Å². The van der Waals surface area contributed by atoms with Crippen LogP contribution >= 0.6 is 0 Å². The Morgan fingerprint density at radius 2 is 2.21 bits per heavy atom. The average Bonchev–Trinajstić information content (AvgIpc) is 2.19. The van der Waals surface area contributed by atoms with Crippen molar-refractivity contribution in [2.75, 3.05) is 0 Å². The largest absolute Gasteiger partial charge is 0.352 e. The van der Waals surface area contributed by atoms with Crippen LogP contribution in [0.15, 0.2) is 0 Å². The fourth-order valence-electron chi connectivity index (χ4n) is 1.96. The van der Waals surface area contributed by atoms with E-state index in [9.17, 15) is 4.79 Å². The first-order valence-corrected chi connectivity index (χ1v) is 5.47. The first kappa shape index (κ1) is 11.0. The monoisotopic (exact) mass is 194 g/mol. The van der Waals surface area contributed by atoms with E-state index in [4.69, 9.17) is 5.26 Å². The SMILES string of the molecule is CCCC(=O)N[C@H]1CCCC[C@H]1C#N. The van der Waals surface area contributed by atoms with Crippen molar-refractivity contribution < 1.29 is 4.79 Å². The number of hydrogen-bond donors (Lipinski definition) is 1. The predicted molar refractivity (Wildman–Crippen MR) is 54.4 cm³/mol. The lowest BCUT2D eigenvalue weighted by Gasteiger charge is -2.27. The number of rotatable bonds is 3. The molecule has 0 aromatic heterocycles. The predicted octanol–water partition coefficient (Wildman–Crippen LogP) is 1.99. The molecule has 0 saturated heterocycles. The quantitative estimate of drug-likeness (QED) is 0.747. The summed E-state index contributed by atoms with van der Waals surface area (Å²) in [5, 5.41) is 11.9. The Kier molecular flexibility index (Phi) is 4.45. The third-order valence-corrected chi connectivity index (χ3v) is 2.76. The molecule has 2 atom stereocenters. The minimum absolute atomic E-state index is 0.0320. The Morgan fingerprint density at radius 1 is 1.50 bits per heavy atom. The van der Waals surface area contributed by atoms with E-state index in [2.05, 4.69) is 11.4 Å². The van der Waals surface area contributed by atoms with Crippen LogP contribution in [-0.4, -0.2) is 11.9 Å². The second-order valence-corrected chi connectivity index (χ2v) is 3.94. The van der Waals surface area contributed by atoms with E-state index in [0.717, 1.165) is 32.1 Å². The number of nitrogens with zero attached hydrogens (tertiary/aromatic N) is 1. The Bertz CT molecular complexity index is 232. The molecule has 1 aliphatic rings. The molecule has 3 heteroatoms. The van der Waals surface area contributed by atoms with Gasteiger partial charge in [0.25, 0.3) is 0 Å². The van der Waals surface area contributed by atoms with Crippen LogP contribution in [0.5, 0.6) is 0 Å². The maximum atomic E-state index is 11.4. The molecule has 14 heavy (non-hydrogen) atoms. The highest BCUT2D eigenvalue weighted by atomic mass is 16.1. The van der Waals surface area contributed by atoms with Crippen molar-refractivity contribution in [3.63, 3.8) is 0 Å². The van der Waals surface area contributed by atoms with Gasteiger partial charge in [0, 0.05) is 12.5 Å². The van der Waals surface area contributed by atoms with Gasteiger partial charge in [0.05, 0.1) is 12.0 Å². The van der Waals surface area contributed by atoms with Gasteiger partial charge in [-0.05, 0) is 19.3 Å². The van der Waals surface area contributed by atoms with Gasteiger partial charge in [-0.25, -0.2) is 0 Å². The summed E-state index contributed by atoms with van der Waals surface area (Å²) >= 11 is 0. The van der Waals surface area contributed by atoms with Gasteiger partial charge in [0.2, 0.25) is 5.91 Å². The van der Waals surface area contributed by atoms with E-state index in [1.165, 1.54) is 0 Å². The third-order valence-electron chi connectivity index (χ3n) is 2.76. The Balaban J connectivity index is 2.41. The van der Waals surface area contributed by atoms with Crippen LogP contribution in [0.25, 0.3) is 0 Å². The first-order chi connectivity index (χ1) is 6.77. The van der Waals surface area contributed by atoms with E-state index < -0.39 is 0 Å². The van der Waals surface area contributed by atoms with Gasteiger partial charge in [-0.2, -0.15) is 5.26 Å². The molecule has 78 valence electrons. The van der Waals surface area contributed by atoms with E-state index in [0.29, 0.717) is 6.42 Å². The molecule has 1 N–H and O–H groups in total. The summed E-state index contributed by atoms with van der Waals surface area (Å²) in [5.74, 6) is 0.129. The number of nitriles is 1. The third kappa shape index (κ3) is 3.02. The van der Waals surface area contributed by atoms with Crippen LogP contribution in [0.1, 0.15) is 45.4 Å². The second kappa shape index (κ2) is 5.64. The number of carbonyl (C=O) groups is 1. The topological polar surface area (TPSA) is 52.9 Å². The van der Waals surface area contributed by atoms with Gasteiger partial charge in [-0.1, -0.05) is 19.8 Å². The number of carbonyl (C=O) groups excluding carboxylic acids is 1. The van der Waals surface area contributed by atoms with Crippen molar-refractivity contribution in [3.8, 4) is 6.07 Å². The van der Waals surface area contributed by atoms with Gasteiger partial charge in [-0.15, -0.1) is 0 Å². The molecular weight excluding hydrogens is 176 g/mol. The summed E-state index contributed by atoms with van der Waals surface area (Å²) in [6.45, 7) is 1.99. The second-order valence-electron chi connectivity index (χ2n) is 3.94.